The van der Waals surface area contributed by atoms with E-state index in [1.807, 2.05) is 38.4 Å². The zero-order valence-corrected chi connectivity index (χ0v) is 11.1. The van der Waals surface area contributed by atoms with E-state index in [2.05, 4.69) is 20.3 Å². The summed E-state index contributed by atoms with van der Waals surface area (Å²) in [6, 6.07) is 7.46. The zero-order valence-electron chi connectivity index (χ0n) is 11.1. The van der Waals surface area contributed by atoms with Crippen molar-refractivity contribution in [3.63, 3.8) is 0 Å². The van der Waals surface area contributed by atoms with Gasteiger partial charge in [0.25, 0.3) is 0 Å². The number of aromatic nitrogens is 3. The molecule has 1 aromatic heterocycles. The molecule has 0 radical (unpaired) electrons. The Morgan fingerprint density at radius 3 is 2.68 bits per heavy atom. The van der Waals surface area contributed by atoms with Gasteiger partial charge in [0.15, 0.2) is 0 Å². The molecule has 1 aromatic carbocycles. The minimum Gasteiger partial charge on any atom is -0.497 e. The smallest absolute Gasteiger partial charge is 0.233 e. The molecule has 0 aliphatic rings. The van der Waals surface area contributed by atoms with E-state index in [0.29, 0.717) is 11.9 Å². The van der Waals surface area contributed by atoms with E-state index in [1.54, 1.807) is 12.0 Å². The van der Waals surface area contributed by atoms with E-state index in [0.717, 1.165) is 11.4 Å². The summed E-state index contributed by atoms with van der Waals surface area (Å²) in [6.45, 7) is 0. The topological polar surface area (TPSA) is 89.2 Å². The minimum absolute atomic E-state index is 0.170. The van der Waals surface area contributed by atoms with E-state index in [-0.39, 0.29) is 5.95 Å². The lowest BCUT2D eigenvalue weighted by atomic mass is 10.3. The number of hydrogen-bond donors (Lipinski definition) is 2. The Bertz CT molecular complexity index is 572. The van der Waals surface area contributed by atoms with E-state index < -0.39 is 0 Å². The molecular formula is C12H16N6O. The Kier molecular flexibility index (Phi) is 3.65. The standard InChI is InChI=1S/C12H16N6O/c1-18(2)12-16-10(13)15-11(17-12)14-8-5-4-6-9(7-8)19-3/h4-7H,1-3H3,(H3,13,14,15,16,17). The summed E-state index contributed by atoms with van der Waals surface area (Å²) < 4.78 is 5.15. The largest absolute Gasteiger partial charge is 0.497 e. The number of benzene rings is 1. The van der Waals surface area contributed by atoms with Crippen molar-refractivity contribution in [1.82, 2.24) is 15.0 Å². The van der Waals surface area contributed by atoms with E-state index in [9.17, 15) is 0 Å². The van der Waals surface area contributed by atoms with Gasteiger partial charge in [-0.05, 0) is 12.1 Å². The van der Waals surface area contributed by atoms with Crippen LogP contribution in [0.2, 0.25) is 0 Å². The Morgan fingerprint density at radius 1 is 1.21 bits per heavy atom. The van der Waals surface area contributed by atoms with Crippen LogP contribution >= 0.6 is 0 Å². The van der Waals surface area contributed by atoms with Crippen LogP contribution in [0.4, 0.5) is 23.5 Å². The van der Waals surface area contributed by atoms with Crippen molar-refractivity contribution < 1.29 is 4.74 Å². The Morgan fingerprint density at radius 2 is 2.00 bits per heavy atom. The summed E-state index contributed by atoms with van der Waals surface area (Å²) >= 11 is 0. The van der Waals surface area contributed by atoms with Crippen LogP contribution in [0.3, 0.4) is 0 Å². The average molecular weight is 260 g/mol. The summed E-state index contributed by atoms with van der Waals surface area (Å²) in [5.74, 6) is 1.81. The van der Waals surface area contributed by atoms with Crippen molar-refractivity contribution in [3.05, 3.63) is 24.3 Å². The molecule has 2 rings (SSSR count). The lowest BCUT2D eigenvalue weighted by molar-refractivity contribution is 0.415. The highest BCUT2D eigenvalue weighted by Gasteiger charge is 2.06. The monoisotopic (exact) mass is 260 g/mol. The van der Waals surface area contributed by atoms with Crippen LogP contribution in [0.1, 0.15) is 0 Å². The number of hydrogen-bond acceptors (Lipinski definition) is 7. The predicted octanol–water partition coefficient (Wildman–Crippen LogP) is 1.27. The molecule has 0 fully saturated rings. The first kappa shape index (κ1) is 12.9. The summed E-state index contributed by atoms with van der Waals surface area (Å²) in [7, 11) is 5.29. The van der Waals surface area contributed by atoms with Crippen molar-refractivity contribution >= 4 is 23.5 Å². The normalized spacial score (nSPS) is 10.1. The Labute approximate surface area is 111 Å². The van der Waals surface area contributed by atoms with Crippen LogP contribution in [0.25, 0.3) is 0 Å². The zero-order chi connectivity index (χ0) is 13.8. The SMILES string of the molecule is COc1cccc(Nc2nc(N)nc(N(C)C)n2)c1. The first-order chi connectivity index (χ1) is 9.08. The average Bonchev–Trinajstić information content (AvgIpc) is 2.38. The van der Waals surface area contributed by atoms with Gasteiger partial charge in [0.2, 0.25) is 17.8 Å². The van der Waals surface area contributed by atoms with E-state index in [1.165, 1.54) is 0 Å². The molecule has 2 aromatic rings. The third kappa shape index (κ3) is 3.21. The highest BCUT2D eigenvalue weighted by atomic mass is 16.5. The summed E-state index contributed by atoms with van der Waals surface area (Å²) in [5, 5.41) is 3.07. The molecule has 19 heavy (non-hydrogen) atoms. The molecule has 0 saturated heterocycles. The van der Waals surface area contributed by atoms with Gasteiger partial charge in [-0.15, -0.1) is 0 Å². The minimum atomic E-state index is 0.170. The molecule has 1 heterocycles. The van der Waals surface area contributed by atoms with Gasteiger partial charge in [-0.2, -0.15) is 15.0 Å². The number of nitrogens with zero attached hydrogens (tertiary/aromatic N) is 4. The number of rotatable bonds is 4. The molecule has 0 atom stereocenters. The number of methoxy groups -OCH3 is 1. The fourth-order valence-corrected chi connectivity index (χ4v) is 1.47. The molecule has 0 amide bonds. The molecular weight excluding hydrogens is 244 g/mol. The molecule has 7 heteroatoms. The van der Waals surface area contributed by atoms with Gasteiger partial charge < -0.3 is 20.7 Å². The number of nitrogen functional groups attached to an aromatic ring is 1. The molecule has 0 aliphatic carbocycles. The lowest BCUT2D eigenvalue weighted by Gasteiger charge is -2.12. The number of anilines is 4. The quantitative estimate of drug-likeness (QED) is 0.855. The third-order valence-electron chi connectivity index (χ3n) is 2.37. The Hall–Kier alpha value is -2.57. The van der Waals surface area contributed by atoms with E-state index in [4.69, 9.17) is 10.5 Å². The van der Waals surface area contributed by atoms with Gasteiger partial charge in [0, 0.05) is 25.8 Å². The van der Waals surface area contributed by atoms with E-state index >= 15 is 0 Å². The van der Waals surface area contributed by atoms with Crippen molar-refractivity contribution in [2.75, 3.05) is 37.2 Å². The maximum Gasteiger partial charge on any atom is 0.233 e. The molecule has 0 unspecified atom stereocenters. The van der Waals surface area contributed by atoms with Gasteiger partial charge in [0.1, 0.15) is 5.75 Å². The lowest BCUT2D eigenvalue weighted by Crippen LogP contribution is -2.15. The maximum atomic E-state index is 5.65. The molecule has 100 valence electrons. The second kappa shape index (κ2) is 5.38. The molecule has 0 saturated carbocycles. The van der Waals surface area contributed by atoms with Crippen LogP contribution in [-0.2, 0) is 0 Å². The predicted molar refractivity (Wildman–Crippen MR) is 74.8 cm³/mol. The van der Waals surface area contributed by atoms with Crippen molar-refractivity contribution in [2.24, 2.45) is 0 Å². The second-order valence-electron chi connectivity index (χ2n) is 4.07. The van der Waals surface area contributed by atoms with Crippen LogP contribution in [0.5, 0.6) is 5.75 Å². The van der Waals surface area contributed by atoms with Crippen LogP contribution in [0.15, 0.2) is 24.3 Å². The van der Waals surface area contributed by atoms with Crippen LogP contribution in [-0.4, -0.2) is 36.2 Å². The van der Waals surface area contributed by atoms with Gasteiger partial charge >= 0.3 is 0 Å². The molecule has 3 N–H and O–H groups in total. The highest BCUT2D eigenvalue weighted by molar-refractivity contribution is 5.57. The fraction of sp³-hybridized carbons (Fsp3) is 0.250. The molecule has 7 nitrogen and oxygen atoms in total. The number of nitrogens with two attached hydrogens (primary N) is 1. The van der Waals surface area contributed by atoms with Gasteiger partial charge in [-0.1, -0.05) is 6.07 Å². The van der Waals surface area contributed by atoms with Crippen LogP contribution in [0, 0.1) is 0 Å². The third-order valence-corrected chi connectivity index (χ3v) is 2.37. The van der Waals surface area contributed by atoms with Gasteiger partial charge in [0.05, 0.1) is 7.11 Å². The Balaban J connectivity index is 2.27. The summed E-state index contributed by atoms with van der Waals surface area (Å²) in [4.78, 5) is 14.1. The van der Waals surface area contributed by atoms with Crippen molar-refractivity contribution in [2.45, 2.75) is 0 Å². The van der Waals surface area contributed by atoms with Crippen molar-refractivity contribution in [1.29, 1.82) is 0 Å². The molecule has 0 spiro atoms. The second-order valence-corrected chi connectivity index (χ2v) is 4.07. The van der Waals surface area contributed by atoms with Crippen molar-refractivity contribution in [3.8, 4) is 5.75 Å². The first-order valence-electron chi connectivity index (χ1n) is 5.68. The molecule has 0 bridgehead atoms. The maximum absolute atomic E-state index is 5.65. The van der Waals surface area contributed by atoms with Gasteiger partial charge in [-0.25, -0.2) is 0 Å². The first-order valence-corrected chi connectivity index (χ1v) is 5.68. The number of nitrogens with one attached hydrogen (secondary N) is 1. The summed E-state index contributed by atoms with van der Waals surface area (Å²) in [6.07, 6.45) is 0. The highest BCUT2D eigenvalue weighted by Crippen LogP contribution is 2.20. The van der Waals surface area contributed by atoms with Gasteiger partial charge in [-0.3, -0.25) is 0 Å². The van der Waals surface area contributed by atoms with Crippen LogP contribution < -0.4 is 20.7 Å². The number of ether oxygens (including phenoxy) is 1. The fourth-order valence-electron chi connectivity index (χ4n) is 1.47. The summed E-state index contributed by atoms with van der Waals surface area (Å²) in [5.41, 5.74) is 6.47. The molecule has 0 aliphatic heterocycles.